The van der Waals surface area contributed by atoms with E-state index in [0.717, 1.165) is 8.58 Å². The molecule has 0 saturated carbocycles. The first-order valence-corrected chi connectivity index (χ1v) is 7.54. The van der Waals surface area contributed by atoms with Crippen molar-refractivity contribution in [3.05, 3.63) is 11.9 Å². The molecule has 0 aromatic rings. The van der Waals surface area contributed by atoms with Crippen molar-refractivity contribution in [3.8, 4) is 0 Å². The fourth-order valence-electron chi connectivity index (χ4n) is 1.56. The summed E-state index contributed by atoms with van der Waals surface area (Å²) in [5.41, 5.74) is 0. The monoisotopic (exact) mass is 214 g/mol. The fraction of sp³-hybridized carbons (Fsp3) is 0.846. The molecule has 14 heavy (non-hydrogen) atoms. The summed E-state index contributed by atoms with van der Waals surface area (Å²) in [6.07, 6.45) is 15.1. The maximum atomic E-state index is 2.31. The highest BCUT2D eigenvalue weighted by Gasteiger charge is 1.90. The minimum absolute atomic E-state index is 1.06. The average molecular weight is 214 g/mol. The van der Waals surface area contributed by atoms with E-state index in [1.54, 1.807) is 0 Å². The normalized spacial score (nSPS) is 12.1. The summed E-state index contributed by atoms with van der Waals surface area (Å²) in [6.45, 7) is 4.39. The minimum Gasteiger partial charge on any atom is -0.0988 e. The Balaban J connectivity index is 2.85. The van der Waals surface area contributed by atoms with E-state index in [1.807, 2.05) is 0 Å². The lowest BCUT2D eigenvalue weighted by molar-refractivity contribution is 0.586. The second kappa shape index (κ2) is 13.2. The van der Waals surface area contributed by atoms with Gasteiger partial charge in [0.05, 0.1) is 0 Å². The SMILES string of the molecule is C/C=C\PCCCCCCCCCC. The summed E-state index contributed by atoms with van der Waals surface area (Å²) in [7, 11) is 1.06. The van der Waals surface area contributed by atoms with Crippen LogP contribution in [0.3, 0.4) is 0 Å². The van der Waals surface area contributed by atoms with Crippen LogP contribution < -0.4 is 0 Å². The fourth-order valence-corrected chi connectivity index (χ4v) is 2.42. The van der Waals surface area contributed by atoms with Gasteiger partial charge in [-0.05, 0) is 19.5 Å². The van der Waals surface area contributed by atoms with E-state index < -0.39 is 0 Å². The molecule has 0 spiro atoms. The lowest BCUT2D eigenvalue weighted by Crippen LogP contribution is -1.81. The van der Waals surface area contributed by atoms with E-state index in [-0.39, 0.29) is 0 Å². The molecule has 1 atom stereocenters. The zero-order chi connectivity index (χ0) is 10.5. The Hall–Kier alpha value is 0.170. The maximum Gasteiger partial charge on any atom is -0.0319 e. The first kappa shape index (κ1) is 14.2. The zero-order valence-corrected chi connectivity index (χ0v) is 11.0. The molecule has 0 rings (SSSR count). The summed E-state index contributed by atoms with van der Waals surface area (Å²) >= 11 is 0. The van der Waals surface area contributed by atoms with Gasteiger partial charge in [-0.3, -0.25) is 0 Å². The Morgan fingerprint density at radius 3 is 2.00 bits per heavy atom. The molecule has 1 unspecified atom stereocenters. The Morgan fingerprint density at radius 1 is 0.857 bits per heavy atom. The minimum atomic E-state index is 1.06. The first-order chi connectivity index (χ1) is 6.91. The largest absolute Gasteiger partial charge is 0.0988 e. The Bertz CT molecular complexity index is 118. The van der Waals surface area contributed by atoms with Crippen molar-refractivity contribution in [1.82, 2.24) is 0 Å². The highest BCUT2D eigenvalue weighted by Crippen LogP contribution is 2.16. The smallest absolute Gasteiger partial charge is 0.0319 e. The summed E-state index contributed by atoms with van der Waals surface area (Å²) in [6, 6.07) is 0. The highest BCUT2D eigenvalue weighted by molar-refractivity contribution is 7.41. The van der Waals surface area contributed by atoms with Gasteiger partial charge in [0.15, 0.2) is 0 Å². The molecule has 0 fully saturated rings. The Kier molecular flexibility index (Phi) is 13.3. The molecule has 84 valence electrons. The summed E-state index contributed by atoms with van der Waals surface area (Å²) < 4.78 is 0. The molecule has 0 aromatic carbocycles. The van der Waals surface area contributed by atoms with E-state index in [4.69, 9.17) is 0 Å². The molecule has 0 aliphatic rings. The molecule has 0 nitrogen and oxygen atoms in total. The molecule has 0 amide bonds. The molecule has 0 bridgehead atoms. The van der Waals surface area contributed by atoms with Crippen molar-refractivity contribution in [2.45, 2.75) is 65.2 Å². The summed E-state index contributed by atoms with van der Waals surface area (Å²) in [5, 5.41) is 0. The van der Waals surface area contributed by atoms with Crippen LogP contribution in [0.2, 0.25) is 0 Å². The van der Waals surface area contributed by atoms with Gasteiger partial charge in [0, 0.05) is 0 Å². The number of hydrogen-bond donors (Lipinski definition) is 0. The molecular formula is C13H27P. The van der Waals surface area contributed by atoms with Gasteiger partial charge in [-0.25, -0.2) is 0 Å². The van der Waals surface area contributed by atoms with Crippen molar-refractivity contribution >= 4 is 8.58 Å². The van der Waals surface area contributed by atoms with Gasteiger partial charge in [-0.2, -0.15) is 0 Å². The summed E-state index contributed by atoms with van der Waals surface area (Å²) in [4.78, 5) is 0. The van der Waals surface area contributed by atoms with Crippen LogP contribution in [0.15, 0.2) is 11.9 Å². The molecule has 0 aliphatic carbocycles. The number of rotatable bonds is 10. The van der Waals surface area contributed by atoms with Gasteiger partial charge >= 0.3 is 0 Å². The molecule has 0 radical (unpaired) electrons. The number of allylic oxidation sites excluding steroid dienone is 1. The predicted octanol–water partition coefficient (Wildman–Crippen LogP) is 5.34. The third-order valence-corrected chi connectivity index (χ3v) is 3.67. The predicted molar refractivity (Wildman–Crippen MR) is 70.6 cm³/mol. The van der Waals surface area contributed by atoms with Crippen LogP contribution in [0.25, 0.3) is 0 Å². The summed E-state index contributed by atoms with van der Waals surface area (Å²) in [5.74, 6) is 2.31. The van der Waals surface area contributed by atoms with E-state index in [2.05, 4.69) is 25.7 Å². The Morgan fingerprint density at radius 2 is 1.43 bits per heavy atom. The van der Waals surface area contributed by atoms with E-state index in [9.17, 15) is 0 Å². The van der Waals surface area contributed by atoms with Crippen molar-refractivity contribution in [2.75, 3.05) is 6.16 Å². The van der Waals surface area contributed by atoms with Crippen LogP contribution in [0.5, 0.6) is 0 Å². The van der Waals surface area contributed by atoms with E-state index in [0.29, 0.717) is 0 Å². The molecule has 0 aromatic heterocycles. The molecule has 0 aliphatic heterocycles. The zero-order valence-electron chi connectivity index (χ0n) is 10.0. The average Bonchev–Trinajstić information content (AvgIpc) is 2.21. The van der Waals surface area contributed by atoms with Gasteiger partial charge in [-0.15, -0.1) is 0 Å². The van der Waals surface area contributed by atoms with Gasteiger partial charge in [-0.1, -0.05) is 72.3 Å². The van der Waals surface area contributed by atoms with Crippen molar-refractivity contribution in [1.29, 1.82) is 0 Å². The topological polar surface area (TPSA) is 0 Å². The van der Waals surface area contributed by atoms with Crippen LogP contribution >= 0.6 is 8.58 Å². The van der Waals surface area contributed by atoms with Crippen molar-refractivity contribution in [3.63, 3.8) is 0 Å². The molecular weight excluding hydrogens is 187 g/mol. The Labute approximate surface area is 92.3 Å². The molecule has 1 heteroatoms. The second-order valence-electron chi connectivity index (χ2n) is 3.93. The maximum absolute atomic E-state index is 2.31. The molecule has 0 heterocycles. The van der Waals surface area contributed by atoms with Crippen LogP contribution in [-0.4, -0.2) is 6.16 Å². The highest BCUT2D eigenvalue weighted by atomic mass is 31.1. The lowest BCUT2D eigenvalue weighted by Gasteiger charge is -2.00. The third-order valence-electron chi connectivity index (χ3n) is 2.46. The van der Waals surface area contributed by atoms with Crippen molar-refractivity contribution < 1.29 is 0 Å². The standard InChI is InChI=1S/C13H27P/c1-3-5-6-7-8-9-10-11-13-14-12-4-2/h4,12,14H,3,5-11,13H2,1-2H3/b12-4-. The quantitative estimate of drug-likeness (QED) is 0.340. The van der Waals surface area contributed by atoms with Crippen LogP contribution in [-0.2, 0) is 0 Å². The molecule has 0 N–H and O–H groups in total. The number of unbranched alkanes of at least 4 members (excludes halogenated alkanes) is 7. The number of hydrogen-bond acceptors (Lipinski definition) is 0. The van der Waals surface area contributed by atoms with Crippen LogP contribution in [0.4, 0.5) is 0 Å². The first-order valence-electron chi connectivity index (χ1n) is 6.26. The van der Waals surface area contributed by atoms with E-state index in [1.165, 1.54) is 57.5 Å². The van der Waals surface area contributed by atoms with E-state index >= 15 is 0 Å². The van der Waals surface area contributed by atoms with Crippen molar-refractivity contribution in [2.24, 2.45) is 0 Å². The second-order valence-corrected chi connectivity index (χ2v) is 5.17. The van der Waals surface area contributed by atoms with Gasteiger partial charge in [0.1, 0.15) is 0 Å². The lowest BCUT2D eigenvalue weighted by atomic mass is 10.1. The van der Waals surface area contributed by atoms with Gasteiger partial charge in [0.2, 0.25) is 0 Å². The van der Waals surface area contributed by atoms with Gasteiger partial charge < -0.3 is 0 Å². The van der Waals surface area contributed by atoms with Gasteiger partial charge in [0.25, 0.3) is 0 Å². The molecule has 0 saturated heterocycles. The van der Waals surface area contributed by atoms with Crippen LogP contribution in [0.1, 0.15) is 65.2 Å². The third kappa shape index (κ3) is 12.2. The van der Waals surface area contributed by atoms with Crippen LogP contribution in [0, 0.1) is 0 Å².